The molecule has 0 spiro atoms. The van der Waals surface area contributed by atoms with Gasteiger partial charge in [-0.15, -0.1) is 0 Å². The number of rotatable bonds is 4. The Kier molecular flexibility index (Phi) is 4.69. The van der Waals surface area contributed by atoms with E-state index in [1.54, 1.807) is 6.07 Å². The highest BCUT2D eigenvalue weighted by molar-refractivity contribution is 6.32. The summed E-state index contributed by atoms with van der Waals surface area (Å²) in [6.45, 7) is 0. The van der Waals surface area contributed by atoms with Gasteiger partial charge in [0.1, 0.15) is 0 Å². The lowest BCUT2D eigenvalue weighted by Gasteiger charge is -1.97. The highest BCUT2D eigenvalue weighted by Gasteiger charge is 2.07. The number of nitro benzene ring substituents is 1. The summed E-state index contributed by atoms with van der Waals surface area (Å²) in [5, 5.41) is 11.0. The molecule has 0 aliphatic heterocycles. The predicted octanol–water partition coefficient (Wildman–Crippen LogP) is 4.97. The monoisotopic (exact) mass is 285 g/mol. The van der Waals surface area contributed by atoms with Crippen LogP contribution in [0.15, 0.2) is 60.7 Å². The Morgan fingerprint density at radius 3 is 2.35 bits per heavy atom. The molecule has 0 saturated carbocycles. The van der Waals surface area contributed by atoms with Gasteiger partial charge in [0.15, 0.2) is 0 Å². The van der Waals surface area contributed by atoms with Crippen molar-refractivity contribution in [1.29, 1.82) is 0 Å². The largest absolute Gasteiger partial charge is 0.270 e. The minimum absolute atomic E-state index is 0.00743. The molecule has 2 rings (SSSR count). The van der Waals surface area contributed by atoms with Crippen LogP contribution < -0.4 is 0 Å². The Morgan fingerprint density at radius 1 is 1.00 bits per heavy atom. The number of benzene rings is 2. The van der Waals surface area contributed by atoms with Crippen LogP contribution >= 0.6 is 11.6 Å². The van der Waals surface area contributed by atoms with Crippen molar-refractivity contribution in [1.82, 2.24) is 0 Å². The molecule has 0 saturated heterocycles. The minimum Gasteiger partial charge on any atom is -0.258 e. The van der Waals surface area contributed by atoms with Crippen LogP contribution in [0.1, 0.15) is 11.1 Å². The highest BCUT2D eigenvalue weighted by atomic mass is 35.5. The predicted molar refractivity (Wildman–Crippen MR) is 82.6 cm³/mol. The van der Waals surface area contributed by atoms with E-state index >= 15 is 0 Å². The number of allylic oxidation sites excluding steroid dienone is 2. The molecule has 100 valence electrons. The maximum atomic E-state index is 10.6. The van der Waals surface area contributed by atoms with Crippen molar-refractivity contribution in [2.45, 2.75) is 0 Å². The molecule has 0 N–H and O–H groups in total. The molecule has 20 heavy (non-hydrogen) atoms. The molecule has 4 heteroatoms. The van der Waals surface area contributed by atoms with Crippen molar-refractivity contribution < 1.29 is 4.92 Å². The first kappa shape index (κ1) is 14.0. The summed E-state index contributed by atoms with van der Waals surface area (Å²) >= 11 is 5.99. The standard InChI is InChI=1S/C16H12ClNO2/c17-16-12-15(18(19)20)11-10-14(16)9-5-4-8-13-6-2-1-3-7-13/h1-12H/b8-4+,9-5+. The van der Waals surface area contributed by atoms with Crippen molar-refractivity contribution in [2.75, 3.05) is 0 Å². The second kappa shape index (κ2) is 6.68. The summed E-state index contributed by atoms with van der Waals surface area (Å²) in [4.78, 5) is 10.1. The molecule has 0 amide bonds. The van der Waals surface area contributed by atoms with Crippen LogP contribution in [0.4, 0.5) is 5.69 Å². The topological polar surface area (TPSA) is 43.1 Å². The van der Waals surface area contributed by atoms with Gasteiger partial charge in [0.2, 0.25) is 0 Å². The molecule has 2 aromatic rings. The maximum absolute atomic E-state index is 10.6. The van der Waals surface area contributed by atoms with Crippen molar-refractivity contribution >= 4 is 29.4 Å². The van der Waals surface area contributed by atoms with E-state index in [-0.39, 0.29) is 5.69 Å². The van der Waals surface area contributed by atoms with E-state index in [0.29, 0.717) is 5.02 Å². The molecule has 0 heterocycles. The molecule has 0 atom stereocenters. The normalized spacial score (nSPS) is 11.2. The Labute approximate surface area is 122 Å². The van der Waals surface area contributed by atoms with E-state index in [2.05, 4.69) is 0 Å². The van der Waals surface area contributed by atoms with Gasteiger partial charge in [-0.3, -0.25) is 10.1 Å². The fraction of sp³-hybridized carbons (Fsp3) is 0. The molecule has 0 unspecified atom stereocenters. The Morgan fingerprint density at radius 2 is 1.70 bits per heavy atom. The number of nitrogens with zero attached hydrogens (tertiary/aromatic N) is 1. The van der Waals surface area contributed by atoms with Gasteiger partial charge >= 0.3 is 0 Å². The Hall–Kier alpha value is -2.39. The van der Waals surface area contributed by atoms with E-state index < -0.39 is 4.92 Å². The van der Waals surface area contributed by atoms with Gasteiger partial charge in [-0.05, 0) is 17.2 Å². The van der Waals surface area contributed by atoms with Crippen LogP contribution in [0, 0.1) is 10.1 Å². The van der Waals surface area contributed by atoms with E-state index in [4.69, 9.17) is 11.6 Å². The van der Waals surface area contributed by atoms with Crippen molar-refractivity contribution in [3.05, 3.63) is 86.9 Å². The SMILES string of the molecule is O=[N+]([O-])c1ccc(/C=C/C=C/c2ccccc2)c(Cl)c1. The van der Waals surface area contributed by atoms with Crippen LogP contribution in [0.25, 0.3) is 12.2 Å². The van der Waals surface area contributed by atoms with Crippen LogP contribution in [0.3, 0.4) is 0 Å². The van der Waals surface area contributed by atoms with Gasteiger partial charge < -0.3 is 0 Å². The molecule has 0 aliphatic rings. The van der Waals surface area contributed by atoms with Crippen LogP contribution in [-0.2, 0) is 0 Å². The molecule has 0 fully saturated rings. The zero-order valence-corrected chi connectivity index (χ0v) is 11.3. The van der Waals surface area contributed by atoms with Crippen LogP contribution in [0.2, 0.25) is 5.02 Å². The smallest absolute Gasteiger partial charge is 0.258 e. The van der Waals surface area contributed by atoms with E-state index in [1.807, 2.05) is 54.6 Å². The molecule has 0 aromatic heterocycles. The number of nitro groups is 1. The fourth-order valence-corrected chi connectivity index (χ4v) is 1.89. The summed E-state index contributed by atoms with van der Waals surface area (Å²) in [6, 6.07) is 14.3. The average molecular weight is 286 g/mol. The molecule has 0 radical (unpaired) electrons. The Bertz CT molecular complexity index is 663. The quantitative estimate of drug-likeness (QED) is 0.452. The summed E-state index contributed by atoms with van der Waals surface area (Å²) in [6.07, 6.45) is 7.52. The summed E-state index contributed by atoms with van der Waals surface area (Å²) in [5.74, 6) is 0. The van der Waals surface area contributed by atoms with Crippen molar-refractivity contribution in [3.63, 3.8) is 0 Å². The number of hydrogen-bond donors (Lipinski definition) is 0. The third-order valence-corrected chi connectivity index (χ3v) is 3.00. The van der Waals surface area contributed by atoms with Gasteiger partial charge in [-0.2, -0.15) is 0 Å². The molecular formula is C16H12ClNO2. The first-order valence-corrected chi connectivity index (χ1v) is 6.38. The molecule has 0 aliphatic carbocycles. The van der Waals surface area contributed by atoms with E-state index in [9.17, 15) is 10.1 Å². The maximum Gasteiger partial charge on any atom is 0.270 e. The van der Waals surface area contributed by atoms with Crippen LogP contribution in [-0.4, -0.2) is 4.92 Å². The van der Waals surface area contributed by atoms with E-state index in [1.165, 1.54) is 12.1 Å². The first-order chi connectivity index (χ1) is 9.66. The first-order valence-electron chi connectivity index (χ1n) is 6.00. The zero-order valence-electron chi connectivity index (χ0n) is 10.6. The summed E-state index contributed by atoms with van der Waals surface area (Å²) in [5.41, 5.74) is 1.84. The lowest BCUT2D eigenvalue weighted by Crippen LogP contribution is -1.87. The van der Waals surface area contributed by atoms with Crippen molar-refractivity contribution in [2.24, 2.45) is 0 Å². The molecule has 3 nitrogen and oxygen atoms in total. The van der Waals surface area contributed by atoms with Gasteiger partial charge in [-0.1, -0.05) is 66.2 Å². The van der Waals surface area contributed by atoms with Crippen LogP contribution in [0.5, 0.6) is 0 Å². The fourth-order valence-electron chi connectivity index (χ4n) is 1.65. The lowest BCUT2D eigenvalue weighted by molar-refractivity contribution is -0.384. The lowest BCUT2D eigenvalue weighted by atomic mass is 10.1. The third-order valence-electron chi connectivity index (χ3n) is 2.67. The third kappa shape index (κ3) is 3.80. The second-order valence-electron chi connectivity index (χ2n) is 4.09. The highest BCUT2D eigenvalue weighted by Crippen LogP contribution is 2.23. The average Bonchev–Trinajstić information content (AvgIpc) is 2.46. The summed E-state index contributed by atoms with van der Waals surface area (Å²) in [7, 11) is 0. The zero-order chi connectivity index (χ0) is 14.4. The molecular weight excluding hydrogens is 274 g/mol. The van der Waals surface area contributed by atoms with Gasteiger partial charge in [-0.25, -0.2) is 0 Å². The molecule has 0 bridgehead atoms. The summed E-state index contributed by atoms with van der Waals surface area (Å²) < 4.78 is 0. The molecule has 2 aromatic carbocycles. The number of non-ortho nitro benzene ring substituents is 1. The van der Waals surface area contributed by atoms with Gasteiger partial charge in [0.25, 0.3) is 5.69 Å². The minimum atomic E-state index is -0.464. The number of hydrogen-bond acceptors (Lipinski definition) is 2. The Balaban J connectivity index is 2.08. The van der Waals surface area contributed by atoms with Crippen molar-refractivity contribution in [3.8, 4) is 0 Å². The van der Waals surface area contributed by atoms with Gasteiger partial charge in [0.05, 0.1) is 9.95 Å². The van der Waals surface area contributed by atoms with E-state index in [0.717, 1.165) is 11.1 Å². The second-order valence-corrected chi connectivity index (χ2v) is 4.50. The van der Waals surface area contributed by atoms with Gasteiger partial charge in [0, 0.05) is 12.1 Å². The number of halogens is 1.